The van der Waals surface area contributed by atoms with E-state index in [0.29, 0.717) is 18.2 Å². The van der Waals surface area contributed by atoms with Crippen LogP contribution in [0.2, 0.25) is 0 Å². The van der Waals surface area contributed by atoms with Crippen LogP contribution in [-0.2, 0) is 0 Å². The molecule has 0 heterocycles. The smallest absolute Gasteiger partial charge is 0.0847 e. The van der Waals surface area contributed by atoms with E-state index < -0.39 is 0 Å². The highest BCUT2D eigenvalue weighted by molar-refractivity contribution is 8.47. The lowest BCUT2D eigenvalue weighted by molar-refractivity contribution is 0.282. The number of rotatable bonds is 15. The third-order valence-corrected chi connectivity index (χ3v) is 8.00. The number of thiocarbonyl (C=S) groups is 1. The van der Waals surface area contributed by atoms with Crippen molar-refractivity contribution in [3.05, 3.63) is 0 Å². The van der Waals surface area contributed by atoms with Gasteiger partial charge in [-0.05, 0) is 31.9 Å². The van der Waals surface area contributed by atoms with E-state index in [9.17, 15) is 5.26 Å². The predicted octanol–water partition coefficient (Wildman–Crippen LogP) is 5.64. The molecule has 1 atom stereocenters. The highest BCUT2D eigenvalue weighted by atomic mass is 32.2. The lowest BCUT2D eigenvalue weighted by atomic mass is 10.1. The van der Waals surface area contributed by atoms with E-state index in [0.717, 1.165) is 21.7 Å². The SMILES string of the molecule is CCCCCCCCCCCC[SH2]C(=S)[SH2]C(C)(C#N)CCCO. The van der Waals surface area contributed by atoms with E-state index >= 15 is 0 Å². The molecule has 0 aromatic rings. The molecule has 24 heavy (non-hydrogen) atoms. The molecule has 0 aliphatic heterocycles. The largest absolute Gasteiger partial charge is 0.396 e. The van der Waals surface area contributed by atoms with E-state index in [2.05, 4.69) is 13.0 Å². The Labute approximate surface area is 163 Å². The Hall–Kier alpha value is 0.240. The van der Waals surface area contributed by atoms with Gasteiger partial charge in [-0.2, -0.15) is 5.26 Å². The predicted molar refractivity (Wildman–Crippen MR) is 120 cm³/mol. The van der Waals surface area contributed by atoms with E-state index in [4.69, 9.17) is 17.3 Å². The van der Waals surface area contributed by atoms with Gasteiger partial charge in [-0.3, -0.25) is 0 Å². The average molecular weight is 394 g/mol. The summed E-state index contributed by atoms with van der Waals surface area (Å²) in [6.45, 7) is 4.41. The second-order valence-electron chi connectivity index (χ2n) is 6.83. The van der Waals surface area contributed by atoms with Crippen LogP contribution in [0.3, 0.4) is 0 Å². The van der Waals surface area contributed by atoms with Crippen molar-refractivity contribution in [2.75, 3.05) is 12.4 Å². The van der Waals surface area contributed by atoms with Crippen LogP contribution >= 0.6 is 35.7 Å². The molecule has 0 aromatic heterocycles. The first-order valence-electron chi connectivity index (χ1n) is 9.66. The summed E-state index contributed by atoms with van der Waals surface area (Å²) in [6, 6.07) is 2.41. The maximum absolute atomic E-state index is 9.34. The first kappa shape index (κ1) is 24.2. The molecule has 0 saturated heterocycles. The molecule has 2 nitrogen and oxygen atoms in total. The van der Waals surface area contributed by atoms with Crippen LogP contribution in [0.1, 0.15) is 90.9 Å². The second-order valence-corrected chi connectivity index (χ2v) is 11.7. The molecule has 0 aliphatic carbocycles. The summed E-state index contributed by atoms with van der Waals surface area (Å²) >= 11 is 6.67. The summed E-state index contributed by atoms with van der Waals surface area (Å²) in [4.78, 5) is 0. The Morgan fingerprint density at radius 1 is 1.00 bits per heavy atom. The fourth-order valence-corrected chi connectivity index (χ4v) is 6.74. The molecule has 0 amide bonds. The fourth-order valence-electron chi connectivity index (χ4n) is 2.69. The Morgan fingerprint density at radius 2 is 1.54 bits per heavy atom. The summed E-state index contributed by atoms with van der Waals surface area (Å²) in [5.74, 6) is 1.20. The quantitative estimate of drug-likeness (QED) is 0.289. The van der Waals surface area contributed by atoms with Crippen molar-refractivity contribution in [1.29, 1.82) is 5.26 Å². The molecule has 0 saturated carbocycles. The van der Waals surface area contributed by atoms with Crippen LogP contribution in [0.4, 0.5) is 0 Å². The van der Waals surface area contributed by atoms with Crippen molar-refractivity contribution < 1.29 is 5.11 Å². The molecule has 5 heteroatoms. The fraction of sp³-hybridized carbons (Fsp3) is 0.895. The Bertz CT molecular complexity index is 357. The Kier molecular flexibility index (Phi) is 16.9. The molecule has 1 N–H and O–H groups in total. The molecule has 0 aliphatic rings. The van der Waals surface area contributed by atoms with Crippen LogP contribution in [0.5, 0.6) is 0 Å². The third kappa shape index (κ3) is 14.6. The summed E-state index contributed by atoms with van der Waals surface area (Å²) in [7, 11) is 0. The molecule has 0 radical (unpaired) electrons. The van der Waals surface area contributed by atoms with Gasteiger partial charge in [-0.15, -0.1) is 0 Å². The summed E-state index contributed by atoms with van der Waals surface area (Å²) in [5, 5.41) is 18.3. The van der Waals surface area contributed by atoms with Crippen LogP contribution < -0.4 is 0 Å². The number of unbranched alkanes of at least 4 members (excludes halogenated alkanes) is 9. The Balaban J connectivity index is 3.53. The normalized spacial score (nSPS) is 15.1. The molecule has 1 unspecified atom stereocenters. The maximum Gasteiger partial charge on any atom is 0.0847 e. The van der Waals surface area contributed by atoms with Gasteiger partial charge in [0, 0.05) is 6.61 Å². The van der Waals surface area contributed by atoms with Crippen LogP contribution in [0, 0.1) is 11.3 Å². The van der Waals surface area contributed by atoms with Gasteiger partial charge in [0.15, 0.2) is 0 Å². The standard InChI is InChI=1S/C19H39NOS3/c1-3-4-5-6-7-8-9-10-11-12-16-23-18(22)24-19(2,17-20)14-13-15-21/h21H,3-16,23-24H2,1-2H3. The average Bonchev–Trinajstić information content (AvgIpc) is 2.58. The Morgan fingerprint density at radius 3 is 2.04 bits per heavy atom. The van der Waals surface area contributed by atoms with Crippen molar-refractivity contribution in [2.24, 2.45) is 0 Å². The van der Waals surface area contributed by atoms with Crippen molar-refractivity contribution in [3.8, 4) is 6.07 Å². The van der Waals surface area contributed by atoms with Crippen LogP contribution in [0.15, 0.2) is 0 Å². The molecule has 0 fully saturated rings. The summed E-state index contributed by atoms with van der Waals surface area (Å²) in [6.07, 6.45) is 15.2. The van der Waals surface area contributed by atoms with Crippen molar-refractivity contribution in [2.45, 2.75) is 95.6 Å². The van der Waals surface area contributed by atoms with Crippen molar-refractivity contribution >= 4 is 39.3 Å². The minimum Gasteiger partial charge on any atom is -0.396 e. The minimum atomic E-state index is -0.357. The topological polar surface area (TPSA) is 44.0 Å². The molecule has 0 bridgehead atoms. The van der Waals surface area contributed by atoms with Gasteiger partial charge in [0.1, 0.15) is 0 Å². The van der Waals surface area contributed by atoms with Gasteiger partial charge in [0.2, 0.25) is 0 Å². The third-order valence-electron chi connectivity index (χ3n) is 4.29. The zero-order chi connectivity index (χ0) is 18.1. The van der Waals surface area contributed by atoms with E-state index in [1.54, 1.807) is 0 Å². The first-order chi connectivity index (χ1) is 11.6. The molecule has 0 rings (SSSR count). The molecule has 0 spiro atoms. The molecular weight excluding hydrogens is 354 g/mol. The highest BCUT2D eigenvalue weighted by Crippen LogP contribution is 2.34. The lowest BCUT2D eigenvalue weighted by Gasteiger charge is -2.24. The molecular formula is C19H39NOS3. The van der Waals surface area contributed by atoms with Gasteiger partial charge in [0.25, 0.3) is 0 Å². The zero-order valence-corrected chi connectivity index (χ0v) is 18.5. The molecule has 144 valence electrons. The number of nitriles is 1. The van der Waals surface area contributed by atoms with E-state index in [1.165, 1.54) is 70.0 Å². The number of aliphatic hydroxyl groups is 1. The van der Waals surface area contributed by atoms with E-state index in [1.807, 2.05) is 6.92 Å². The number of hydrogen-bond donors (Lipinski definition) is 1. The van der Waals surface area contributed by atoms with E-state index in [-0.39, 0.29) is 11.4 Å². The van der Waals surface area contributed by atoms with Crippen molar-refractivity contribution in [1.82, 2.24) is 0 Å². The monoisotopic (exact) mass is 393 g/mol. The second kappa shape index (κ2) is 16.7. The highest BCUT2D eigenvalue weighted by Gasteiger charge is 2.23. The number of aliphatic hydroxyl groups excluding tert-OH is 1. The maximum atomic E-state index is 9.34. The van der Waals surface area contributed by atoms with Crippen molar-refractivity contribution in [3.63, 3.8) is 0 Å². The van der Waals surface area contributed by atoms with Crippen LogP contribution in [0.25, 0.3) is 0 Å². The summed E-state index contributed by atoms with van der Waals surface area (Å²) < 4.78 is 0.734. The first-order valence-corrected chi connectivity index (χ1v) is 12.3. The summed E-state index contributed by atoms with van der Waals surface area (Å²) in [5.41, 5.74) is 0. The zero-order valence-electron chi connectivity index (χ0n) is 15.7. The minimum absolute atomic E-state index is 0.162. The van der Waals surface area contributed by atoms with Gasteiger partial charge in [-0.1, -0.05) is 76.9 Å². The number of nitrogens with zero attached hydrogens (tertiary/aromatic N) is 1. The lowest BCUT2D eigenvalue weighted by Crippen LogP contribution is -2.19. The molecule has 0 aromatic carbocycles. The van der Waals surface area contributed by atoms with Gasteiger partial charge in [-0.25, -0.2) is 23.5 Å². The van der Waals surface area contributed by atoms with Gasteiger partial charge >= 0.3 is 0 Å². The van der Waals surface area contributed by atoms with Gasteiger partial charge < -0.3 is 5.11 Å². The number of hydrogen-bond acceptors (Lipinski definition) is 3. The van der Waals surface area contributed by atoms with Crippen LogP contribution in [-0.4, -0.2) is 25.7 Å². The van der Waals surface area contributed by atoms with Gasteiger partial charge in [0.05, 0.1) is 14.3 Å².